The van der Waals surface area contributed by atoms with Gasteiger partial charge in [-0.25, -0.2) is 4.79 Å². The topological polar surface area (TPSA) is 37.3 Å². The highest BCUT2D eigenvalue weighted by molar-refractivity contribution is 6.24. The molecular formula is C8H8Cl3F3O2. The number of aliphatic carboxylic acids is 1. The molecule has 0 aliphatic carbocycles. The van der Waals surface area contributed by atoms with Gasteiger partial charge in [-0.3, -0.25) is 0 Å². The van der Waals surface area contributed by atoms with Gasteiger partial charge in [0, 0.05) is 34.7 Å². The maximum absolute atomic E-state index is 12.6. The molecule has 0 aliphatic rings. The van der Waals surface area contributed by atoms with Crippen molar-refractivity contribution >= 4 is 40.8 Å². The van der Waals surface area contributed by atoms with Crippen LogP contribution in [0.2, 0.25) is 0 Å². The Morgan fingerprint density at radius 1 is 1.12 bits per heavy atom. The van der Waals surface area contributed by atoms with E-state index in [1.165, 1.54) is 0 Å². The predicted molar refractivity (Wildman–Crippen MR) is 56.4 cm³/mol. The van der Waals surface area contributed by atoms with E-state index in [0.717, 1.165) is 0 Å². The largest absolute Gasteiger partial charge is 0.478 e. The highest BCUT2D eigenvalue weighted by atomic mass is 35.5. The Labute approximate surface area is 105 Å². The molecule has 8 heteroatoms. The van der Waals surface area contributed by atoms with Gasteiger partial charge >= 0.3 is 12.1 Å². The molecule has 2 nitrogen and oxygen atoms in total. The Hall–Kier alpha value is -0.130. The zero-order valence-corrected chi connectivity index (χ0v) is 10.1. The van der Waals surface area contributed by atoms with Crippen LogP contribution in [0.1, 0.15) is 0 Å². The molecule has 1 N–H and O–H groups in total. The lowest BCUT2D eigenvalue weighted by atomic mass is 9.85. The zero-order valence-electron chi connectivity index (χ0n) is 7.82. The fraction of sp³-hybridized carbons (Fsp3) is 0.625. The van der Waals surface area contributed by atoms with Gasteiger partial charge in [0.1, 0.15) is 0 Å². The number of halogens is 6. The molecule has 0 fully saturated rings. The highest BCUT2D eigenvalue weighted by Crippen LogP contribution is 2.42. The van der Waals surface area contributed by atoms with E-state index in [9.17, 15) is 18.0 Å². The lowest BCUT2D eigenvalue weighted by molar-refractivity contribution is -0.133. The number of hydrogen-bond donors (Lipinski definition) is 1. The van der Waals surface area contributed by atoms with Crippen molar-refractivity contribution in [3.63, 3.8) is 0 Å². The molecule has 0 aromatic heterocycles. The first-order chi connectivity index (χ1) is 7.23. The average molecular weight is 300 g/mol. The molecule has 0 spiro atoms. The van der Waals surface area contributed by atoms with Crippen LogP contribution in [-0.2, 0) is 4.79 Å². The van der Waals surface area contributed by atoms with E-state index < -0.39 is 40.8 Å². The third-order valence-electron chi connectivity index (χ3n) is 1.91. The molecule has 94 valence electrons. The molecule has 0 bridgehead atoms. The molecule has 0 amide bonds. The second-order valence-corrected chi connectivity index (χ2v) is 3.88. The lowest BCUT2D eigenvalue weighted by Crippen LogP contribution is -2.37. The van der Waals surface area contributed by atoms with E-state index in [0.29, 0.717) is 0 Å². The van der Waals surface area contributed by atoms with Crippen LogP contribution < -0.4 is 0 Å². The third kappa shape index (κ3) is 3.71. The van der Waals surface area contributed by atoms with E-state index in [1.807, 2.05) is 0 Å². The summed E-state index contributed by atoms with van der Waals surface area (Å²) in [6.45, 7) is 0. The van der Waals surface area contributed by atoms with Crippen LogP contribution in [0.25, 0.3) is 0 Å². The SMILES string of the molecule is O=C(O)/C=C(\C(F)(F)F)C(CCl)(CCl)CCl. The average Bonchev–Trinajstić information content (AvgIpc) is 2.17. The molecule has 0 aromatic rings. The van der Waals surface area contributed by atoms with Gasteiger partial charge in [-0.2, -0.15) is 13.2 Å². The molecule has 16 heavy (non-hydrogen) atoms. The van der Waals surface area contributed by atoms with Gasteiger partial charge in [-0.05, 0) is 0 Å². The molecule has 0 radical (unpaired) electrons. The van der Waals surface area contributed by atoms with Gasteiger partial charge in [0.05, 0.1) is 0 Å². The minimum atomic E-state index is -4.84. The van der Waals surface area contributed by atoms with Crippen molar-refractivity contribution in [3.8, 4) is 0 Å². The first-order valence-electron chi connectivity index (χ1n) is 3.93. The van der Waals surface area contributed by atoms with Crippen LogP contribution in [0.5, 0.6) is 0 Å². The summed E-state index contributed by atoms with van der Waals surface area (Å²) in [5.74, 6) is -3.27. The van der Waals surface area contributed by atoms with E-state index in [4.69, 9.17) is 39.9 Å². The molecule has 0 heterocycles. The molecule has 0 atom stereocenters. The summed E-state index contributed by atoms with van der Waals surface area (Å²) in [4.78, 5) is 10.3. The third-order valence-corrected chi connectivity index (χ3v) is 3.45. The van der Waals surface area contributed by atoms with E-state index in [1.54, 1.807) is 0 Å². The van der Waals surface area contributed by atoms with E-state index in [2.05, 4.69) is 0 Å². The highest BCUT2D eigenvalue weighted by Gasteiger charge is 2.47. The minimum Gasteiger partial charge on any atom is -0.478 e. The number of carbonyl (C=O) groups is 1. The van der Waals surface area contributed by atoms with E-state index in [-0.39, 0.29) is 6.08 Å². The number of hydrogen-bond acceptors (Lipinski definition) is 1. The summed E-state index contributed by atoms with van der Waals surface area (Å²) in [5.41, 5.74) is -3.12. The van der Waals surface area contributed by atoms with Crippen molar-refractivity contribution in [2.75, 3.05) is 17.6 Å². The number of rotatable bonds is 5. The number of carboxylic acids is 1. The Balaban J connectivity index is 5.57. The summed E-state index contributed by atoms with van der Waals surface area (Å²) < 4.78 is 37.9. The standard InChI is InChI=1S/C8H8Cl3F3O2/c9-2-7(3-10,4-11)5(1-6(15)16)8(12,13)14/h1H,2-4H2,(H,15,16)/b5-1-. The Morgan fingerprint density at radius 3 is 1.69 bits per heavy atom. The normalized spacial score (nSPS) is 14.0. The molecule has 0 aliphatic heterocycles. The first kappa shape index (κ1) is 15.9. The molecule has 0 saturated heterocycles. The molecule has 0 rings (SSSR count). The van der Waals surface area contributed by atoms with Gasteiger partial charge < -0.3 is 5.11 Å². The van der Waals surface area contributed by atoms with Crippen molar-refractivity contribution in [1.82, 2.24) is 0 Å². The molecule has 0 saturated carbocycles. The number of allylic oxidation sites excluding steroid dienone is 1. The predicted octanol–water partition coefficient (Wildman–Crippen LogP) is 3.26. The van der Waals surface area contributed by atoms with Crippen LogP contribution in [0.15, 0.2) is 11.6 Å². The zero-order chi connectivity index (χ0) is 13.0. The molecular weight excluding hydrogens is 291 g/mol. The smallest absolute Gasteiger partial charge is 0.413 e. The van der Waals surface area contributed by atoms with Crippen LogP contribution in [0.4, 0.5) is 13.2 Å². The number of alkyl halides is 6. The summed E-state index contributed by atoms with van der Waals surface area (Å²) in [5, 5.41) is 8.39. The van der Waals surface area contributed by atoms with Crippen molar-refractivity contribution in [2.45, 2.75) is 6.18 Å². The van der Waals surface area contributed by atoms with Crippen molar-refractivity contribution in [1.29, 1.82) is 0 Å². The van der Waals surface area contributed by atoms with Crippen LogP contribution in [0, 0.1) is 5.41 Å². The Kier molecular flexibility index (Phi) is 5.93. The van der Waals surface area contributed by atoms with Gasteiger partial charge in [0.25, 0.3) is 0 Å². The summed E-state index contributed by atoms with van der Waals surface area (Å²) in [6.07, 6.45) is -4.79. The second-order valence-electron chi connectivity index (χ2n) is 3.08. The van der Waals surface area contributed by atoms with Gasteiger partial charge in [-0.15, -0.1) is 34.8 Å². The minimum absolute atomic E-state index is 0.0488. The fourth-order valence-electron chi connectivity index (χ4n) is 0.982. The van der Waals surface area contributed by atoms with Crippen molar-refractivity contribution in [2.24, 2.45) is 5.41 Å². The van der Waals surface area contributed by atoms with Gasteiger partial charge in [-0.1, -0.05) is 0 Å². The quantitative estimate of drug-likeness (QED) is 0.625. The molecule has 0 aromatic carbocycles. The Bertz CT molecular complexity index is 276. The summed E-state index contributed by atoms with van der Waals surface area (Å²) in [7, 11) is 0. The molecule has 0 unspecified atom stereocenters. The Morgan fingerprint density at radius 2 is 1.50 bits per heavy atom. The summed E-state index contributed by atoms with van der Waals surface area (Å²) in [6, 6.07) is 0. The second kappa shape index (κ2) is 5.98. The summed E-state index contributed by atoms with van der Waals surface area (Å²) >= 11 is 16.2. The fourth-order valence-corrected chi connectivity index (χ4v) is 2.27. The van der Waals surface area contributed by atoms with Gasteiger partial charge in [0.2, 0.25) is 0 Å². The van der Waals surface area contributed by atoms with Crippen LogP contribution >= 0.6 is 34.8 Å². The maximum Gasteiger partial charge on any atom is 0.413 e. The van der Waals surface area contributed by atoms with Crippen molar-refractivity contribution < 1.29 is 23.1 Å². The van der Waals surface area contributed by atoms with Crippen LogP contribution in [-0.4, -0.2) is 34.9 Å². The van der Waals surface area contributed by atoms with Crippen LogP contribution in [0.3, 0.4) is 0 Å². The first-order valence-corrected chi connectivity index (χ1v) is 5.54. The lowest BCUT2D eigenvalue weighted by Gasteiger charge is -2.31. The number of carboxylic acid groups (broad SMARTS) is 1. The monoisotopic (exact) mass is 298 g/mol. The van der Waals surface area contributed by atoms with Crippen molar-refractivity contribution in [3.05, 3.63) is 11.6 Å². The van der Waals surface area contributed by atoms with E-state index >= 15 is 0 Å². The van der Waals surface area contributed by atoms with Gasteiger partial charge in [0.15, 0.2) is 0 Å². The maximum atomic E-state index is 12.6.